The molecule has 0 radical (unpaired) electrons. The molecule has 80 valence electrons. The van der Waals surface area contributed by atoms with Crippen molar-refractivity contribution in [1.82, 2.24) is 5.32 Å². The summed E-state index contributed by atoms with van der Waals surface area (Å²) in [4.78, 5) is 1.51. The molecule has 0 atom stereocenters. The Bertz CT molecular complexity index is 266. The summed E-state index contributed by atoms with van der Waals surface area (Å²) >= 11 is 1.87. The van der Waals surface area contributed by atoms with Crippen LogP contribution in [0.2, 0.25) is 0 Å². The first-order valence-electron chi connectivity index (χ1n) is 5.12. The summed E-state index contributed by atoms with van der Waals surface area (Å²) in [5.74, 6) is 0. The fourth-order valence-corrected chi connectivity index (χ4v) is 2.81. The zero-order valence-corrected chi connectivity index (χ0v) is 10.2. The first-order valence-corrected chi connectivity index (χ1v) is 6.00. The minimum Gasteiger partial charge on any atom is -0.309 e. The Balaban J connectivity index is 0.000000980. The van der Waals surface area contributed by atoms with Crippen LogP contribution in [-0.2, 0) is 6.54 Å². The van der Waals surface area contributed by atoms with Crippen LogP contribution < -0.4 is 5.32 Å². The van der Waals surface area contributed by atoms with Crippen LogP contribution in [0, 0.1) is 6.92 Å². The van der Waals surface area contributed by atoms with Crippen LogP contribution >= 0.6 is 23.7 Å². The third kappa shape index (κ3) is 2.97. The van der Waals surface area contributed by atoms with E-state index < -0.39 is 0 Å². The van der Waals surface area contributed by atoms with Crippen molar-refractivity contribution in [3.63, 3.8) is 0 Å². The highest BCUT2D eigenvalue weighted by molar-refractivity contribution is 7.10. The molecule has 0 amide bonds. The molecule has 0 aliphatic heterocycles. The van der Waals surface area contributed by atoms with Gasteiger partial charge >= 0.3 is 0 Å². The molecular formula is C11H18ClNS. The highest BCUT2D eigenvalue weighted by atomic mass is 35.5. The SMILES string of the molecule is Cc1ccsc1CNC1CCCC1.Cl. The minimum absolute atomic E-state index is 0. The summed E-state index contributed by atoms with van der Waals surface area (Å²) in [7, 11) is 0. The van der Waals surface area contributed by atoms with E-state index in [1.54, 1.807) is 0 Å². The number of hydrogen-bond donors (Lipinski definition) is 1. The average Bonchev–Trinajstić information content (AvgIpc) is 2.72. The van der Waals surface area contributed by atoms with Crippen molar-refractivity contribution >= 4 is 23.7 Å². The standard InChI is InChI=1S/C11H17NS.ClH/c1-9-6-7-13-11(9)8-12-10-4-2-3-5-10;/h6-7,10,12H,2-5,8H2,1H3;1H. The maximum Gasteiger partial charge on any atom is 0.0304 e. The molecule has 0 saturated heterocycles. The lowest BCUT2D eigenvalue weighted by Gasteiger charge is -2.10. The average molecular weight is 232 g/mol. The Morgan fingerprint density at radius 3 is 2.71 bits per heavy atom. The van der Waals surface area contributed by atoms with Crippen LogP contribution in [0.5, 0.6) is 0 Å². The molecule has 0 aromatic carbocycles. The molecule has 14 heavy (non-hydrogen) atoms. The molecule has 1 aromatic heterocycles. The molecule has 1 nitrogen and oxygen atoms in total. The molecular weight excluding hydrogens is 214 g/mol. The van der Waals surface area contributed by atoms with Gasteiger partial charge in [0.25, 0.3) is 0 Å². The van der Waals surface area contributed by atoms with Gasteiger partial charge in [-0.15, -0.1) is 23.7 Å². The van der Waals surface area contributed by atoms with Crippen LogP contribution in [0.3, 0.4) is 0 Å². The van der Waals surface area contributed by atoms with Gasteiger partial charge in [-0.05, 0) is 36.8 Å². The number of halogens is 1. The van der Waals surface area contributed by atoms with Gasteiger partial charge in [-0.25, -0.2) is 0 Å². The Morgan fingerprint density at radius 2 is 2.14 bits per heavy atom. The van der Waals surface area contributed by atoms with Crippen molar-refractivity contribution < 1.29 is 0 Å². The van der Waals surface area contributed by atoms with E-state index in [0.29, 0.717) is 0 Å². The monoisotopic (exact) mass is 231 g/mol. The number of hydrogen-bond acceptors (Lipinski definition) is 2. The predicted molar refractivity (Wildman–Crippen MR) is 65.4 cm³/mol. The largest absolute Gasteiger partial charge is 0.309 e. The molecule has 2 rings (SSSR count). The summed E-state index contributed by atoms with van der Waals surface area (Å²) in [5, 5.41) is 5.82. The van der Waals surface area contributed by atoms with Crippen molar-refractivity contribution in [2.45, 2.75) is 45.2 Å². The molecule has 1 aliphatic rings. The summed E-state index contributed by atoms with van der Waals surface area (Å²) in [5.41, 5.74) is 1.44. The van der Waals surface area contributed by atoms with E-state index in [1.165, 1.54) is 36.1 Å². The van der Waals surface area contributed by atoms with E-state index in [9.17, 15) is 0 Å². The van der Waals surface area contributed by atoms with Crippen molar-refractivity contribution in [2.75, 3.05) is 0 Å². The van der Waals surface area contributed by atoms with E-state index >= 15 is 0 Å². The van der Waals surface area contributed by atoms with Crippen LogP contribution in [0.4, 0.5) is 0 Å². The summed E-state index contributed by atoms with van der Waals surface area (Å²) in [6.45, 7) is 3.27. The Kier molecular flexibility index (Phi) is 4.93. The quantitative estimate of drug-likeness (QED) is 0.840. The molecule has 0 unspecified atom stereocenters. The van der Waals surface area contributed by atoms with Crippen molar-refractivity contribution in [3.8, 4) is 0 Å². The van der Waals surface area contributed by atoms with E-state index in [2.05, 4.69) is 23.7 Å². The molecule has 3 heteroatoms. The molecule has 1 heterocycles. The first kappa shape index (κ1) is 12.0. The Labute approximate surface area is 96.3 Å². The number of rotatable bonds is 3. The highest BCUT2D eigenvalue weighted by Crippen LogP contribution is 2.20. The van der Waals surface area contributed by atoms with Gasteiger partial charge in [0.1, 0.15) is 0 Å². The van der Waals surface area contributed by atoms with Gasteiger partial charge in [0, 0.05) is 17.5 Å². The molecule has 1 aromatic rings. The molecule has 1 saturated carbocycles. The van der Waals surface area contributed by atoms with Gasteiger partial charge < -0.3 is 5.32 Å². The molecule has 1 N–H and O–H groups in total. The van der Waals surface area contributed by atoms with Crippen molar-refractivity contribution in [2.24, 2.45) is 0 Å². The fraction of sp³-hybridized carbons (Fsp3) is 0.636. The maximum atomic E-state index is 3.64. The van der Waals surface area contributed by atoms with Gasteiger partial charge in [0.2, 0.25) is 0 Å². The number of thiophene rings is 1. The Hall–Kier alpha value is -0.0500. The smallest absolute Gasteiger partial charge is 0.0304 e. The number of aryl methyl sites for hydroxylation is 1. The van der Waals surface area contributed by atoms with Crippen LogP contribution in [-0.4, -0.2) is 6.04 Å². The predicted octanol–water partition coefficient (Wildman–Crippen LogP) is 3.51. The van der Waals surface area contributed by atoms with Gasteiger partial charge in [-0.1, -0.05) is 12.8 Å². The van der Waals surface area contributed by atoms with Crippen LogP contribution in [0.15, 0.2) is 11.4 Å². The summed E-state index contributed by atoms with van der Waals surface area (Å²) in [6, 6.07) is 3.00. The van der Waals surface area contributed by atoms with E-state index in [0.717, 1.165) is 12.6 Å². The Morgan fingerprint density at radius 1 is 1.43 bits per heavy atom. The second-order valence-electron chi connectivity index (χ2n) is 3.89. The minimum atomic E-state index is 0. The zero-order valence-electron chi connectivity index (χ0n) is 8.58. The molecule has 0 spiro atoms. The second-order valence-corrected chi connectivity index (χ2v) is 4.89. The zero-order chi connectivity index (χ0) is 9.10. The van der Waals surface area contributed by atoms with E-state index in [1.807, 2.05) is 11.3 Å². The van der Waals surface area contributed by atoms with E-state index in [4.69, 9.17) is 0 Å². The normalized spacial score (nSPS) is 16.9. The summed E-state index contributed by atoms with van der Waals surface area (Å²) < 4.78 is 0. The lowest BCUT2D eigenvalue weighted by Crippen LogP contribution is -2.25. The second kappa shape index (κ2) is 5.74. The van der Waals surface area contributed by atoms with Crippen molar-refractivity contribution in [3.05, 3.63) is 21.9 Å². The number of nitrogens with one attached hydrogen (secondary N) is 1. The van der Waals surface area contributed by atoms with Gasteiger partial charge in [-0.3, -0.25) is 0 Å². The van der Waals surface area contributed by atoms with Crippen molar-refractivity contribution in [1.29, 1.82) is 0 Å². The topological polar surface area (TPSA) is 12.0 Å². The third-order valence-corrected chi connectivity index (χ3v) is 3.90. The van der Waals surface area contributed by atoms with Gasteiger partial charge in [-0.2, -0.15) is 0 Å². The summed E-state index contributed by atoms with van der Waals surface area (Å²) in [6.07, 6.45) is 5.59. The van der Waals surface area contributed by atoms with Gasteiger partial charge in [0.05, 0.1) is 0 Å². The molecule has 1 fully saturated rings. The van der Waals surface area contributed by atoms with Gasteiger partial charge in [0.15, 0.2) is 0 Å². The highest BCUT2D eigenvalue weighted by Gasteiger charge is 2.14. The van der Waals surface area contributed by atoms with Crippen LogP contribution in [0.1, 0.15) is 36.1 Å². The lowest BCUT2D eigenvalue weighted by atomic mass is 10.2. The first-order chi connectivity index (χ1) is 6.36. The maximum absolute atomic E-state index is 3.64. The van der Waals surface area contributed by atoms with Crippen LogP contribution in [0.25, 0.3) is 0 Å². The fourth-order valence-electron chi connectivity index (χ4n) is 1.95. The molecule has 0 bridgehead atoms. The molecule has 1 aliphatic carbocycles. The van der Waals surface area contributed by atoms with E-state index in [-0.39, 0.29) is 12.4 Å². The lowest BCUT2D eigenvalue weighted by molar-refractivity contribution is 0.526. The third-order valence-electron chi connectivity index (χ3n) is 2.87.